The lowest BCUT2D eigenvalue weighted by atomic mass is 10.1. The number of hydrogen-bond acceptors (Lipinski definition) is 8. The number of hydrogen-bond donors (Lipinski definition) is 1. The van der Waals surface area contributed by atoms with Crippen LogP contribution in [0, 0.1) is 0 Å². The summed E-state index contributed by atoms with van der Waals surface area (Å²) in [5.74, 6) is -1.62. The highest BCUT2D eigenvalue weighted by Gasteiger charge is 2.28. The second kappa shape index (κ2) is 6.23. The molecule has 0 amide bonds. The van der Waals surface area contributed by atoms with Crippen LogP contribution < -0.4 is 4.18 Å². The van der Waals surface area contributed by atoms with Crippen molar-refractivity contribution in [2.24, 2.45) is 0 Å². The van der Waals surface area contributed by atoms with Gasteiger partial charge in [0.1, 0.15) is 0 Å². The molecule has 0 aliphatic rings. The minimum absolute atomic E-state index is 0. The lowest BCUT2D eigenvalue weighted by Crippen LogP contribution is -2.32. The standard InChI is InChI=1S/C15H13NO7S2/c17-14(9-24(18,19)20)25(21,22)23-13-7-3-6-12-15(13)11-5-2-1-4-10(11)8-16-12/h1-8,14,17H,9H2,(H,18,19,20). The predicted octanol–water partition coefficient (Wildman–Crippen LogP) is 1.07. The Morgan fingerprint density at radius 3 is 2.56 bits per heavy atom. The summed E-state index contributed by atoms with van der Waals surface area (Å²) in [5, 5.41) is 11.4. The Morgan fingerprint density at radius 1 is 1.12 bits per heavy atom. The number of aliphatic hydroxyl groups excluding tert-OH is 1. The van der Waals surface area contributed by atoms with Gasteiger partial charge < -0.3 is 13.8 Å². The first-order valence-electron chi connectivity index (χ1n) is 6.99. The van der Waals surface area contributed by atoms with Crippen LogP contribution in [0.5, 0.6) is 5.75 Å². The first-order chi connectivity index (χ1) is 11.7. The van der Waals surface area contributed by atoms with Gasteiger partial charge in [-0.3, -0.25) is 4.98 Å². The van der Waals surface area contributed by atoms with Crippen LogP contribution >= 0.6 is 0 Å². The summed E-state index contributed by atoms with van der Waals surface area (Å²) in [7, 11) is -9.71. The van der Waals surface area contributed by atoms with Crippen LogP contribution in [0.4, 0.5) is 0 Å². The van der Waals surface area contributed by atoms with E-state index in [4.69, 9.17) is 4.18 Å². The number of nitrogens with zero attached hydrogens (tertiary/aromatic N) is 1. The normalized spacial score (nSPS) is 13.8. The molecule has 0 aliphatic heterocycles. The lowest BCUT2D eigenvalue weighted by molar-refractivity contribution is 0.252. The molecular weight excluding hydrogens is 370 g/mol. The number of aliphatic hydroxyl groups is 1. The molecule has 0 fully saturated rings. The van der Waals surface area contributed by atoms with Gasteiger partial charge in [0, 0.05) is 11.6 Å². The number of aromatic nitrogens is 1. The van der Waals surface area contributed by atoms with Gasteiger partial charge in [0.2, 0.25) is 5.44 Å². The monoisotopic (exact) mass is 383 g/mol. The van der Waals surface area contributed by atoms with E-state index in [9.17, 15) is 26.5 Å². The topological polar surface area (TPSA) is 134 Å². The highest BCUT2D eigenvalue weighted by atomic mass is 32.2. The summed E-state index contributed by atoms with van der Waals surface area (Å²) < 4.78 is 61.1. The average molecular weight is 383 g/mol. The molecule has 1 heterocycles. The zero-order valence-electron chi connectivity index (χ0n) is 13.6. The van der Waals surface area contributed by atoms with Crippen molar-refractivity contribution >= 4 is 41.9 Å². The second-order valence-corrected chi connectivity index (χ2v) is 8.40. The Kier molecular flexibility index (Phi) is 4.37. The van der Waals surface area contributed by atoms with E-state index < -0.39 is 31.4 Å². The molecule has 2 aromatic carbocycles. The van der Waals surface area contributed by atoms with Crippen LogP contribution in [0.1, 0.15) is 1.43 Å². The van der Waals surface area contributed by atoms with E-state index >= 15 is 0 Å². The molecule has 0 radical (unpaired) electrons. The van der Waals surface area contributed by atoms with Gasteiger partial charge in [0.25, 0.3) is 0 Å². The van der Waals surface area contributed by atoms with Crippen molar-refractivity contribution in [3.8, 4) is 5.75 Å². The molecule has 1 aromatic heterocycles. The quantitative estimate of drug-likeness (QED) is 0.393. The first kappa shape index (κ1) is 17.5. The summed E-state index contributed by atoms with van der Waals surface area (Å²) in [4.78, 5) is 4.22. The summed E-state index contributed by atoms with van der Waals surface area (Å²) in [6.45, 7) is 0. The second-order valence-electron chi connectivity index (χ2n) is 5.25. The van der Waals surface area contributed by atoms with Gasteiger partial charge in [-0.1, -0.05) is 30.3 Å². The van der Waals surface area contributed by atoms with E-state index in [1.54, 1.807) is 36.5 Å². The smallest absolute Gasteiger partial charge is 0.748 e. The maximum Gasteiger partial charge on any atom is 1.00 e. The number of fused-ring (bicyclic) bond motifs is 3. The highest BCUT2D eigenvalue weighted by molar-refractivity contribution is 7.90. The minimum Gasteiger partial charge on any atom is -0.748 e. The van der Waals surface area contributed by atoms with Crippen molar-refractivity contribution in [3.05, 3.63) is 48.7 Å². The molecule has 1 N–H and O–H groups in total. The molecule has 3 aromatic rings. The van der Waals surface area contributed by atoms with Crippen molar-refractivity contribution in [2.75, 3.05) is 5.75 Å². The molecule has 0 aliphatic carbocycles. The van der Waals surface area contributed by atoms with Crippen molar-refractivity contribution in [2.45, 2.75) is 5.44 Å². The number of benzene rings is 2. The Morgan fingerprint density at radius 2 is 1.84 bits per heavy atom. The largest absolute Gasteiger partial charge is 1.00 e. The summed E-state index contributed by atoms with van der Waals surface area (Å²) >= 11 is 0. The molecular formula is C15H13NO7S2. The van der Waals surface area contributed by atoms with Gasteiger partial charge >= 0.3 is 11.5 Å². The van der Waals surface area contributed by atoms with E-state index in [-0.39, 0.29) is 7.18 Å². The molecule has 25 heavy (non-hydrogen) atoms. The fourth-order valence-corrected chi connectivity index (χ4v) is 4.40. The molecule has 1 atom stereocenters. The Bertz CT molecular complexity index is 1160. The van der Waals surface area contributed by atoms with E-state index in [0.717, 1.165) is 5.39 Å². The zero-order chi connectivity index (χ0) is 18.2. The minimum atomic E-state index is -4.95. The Balaban J connectivity index is 0.00000243. The molecule has 132 valence electrons. The third kappa shape index (κ3) is 3.71. The van der Waals surface area contributed by atoms with Crippen molar-refractivity contribution < 1.29 is 32.1 Å². The van der Waals surface area contributed by atoms with Gasteiger partial charge in [-0.05, 0) is 17.5 Å². The third-order valence-corrected chi connectivity index (χ3v) is 5.64. The number of pyridine rings is 1. The Hall–Kier alpha value is -2.27. The van der Waals surface area contributed by atoms with Gasteiger partial charge in [-0.15, -0.1) is 0 Å². The molecule has 0 saturated carbocycles. The fraction of sp³-hybridized carbons (Fsp3) is 0.133. The molecule has 8 nitrogen and oxygen atoms in total. The van der Waals surface area contributed by atoms with Gasteiger partial charge in [0.15, 0.2) is 5.75 Å². The van der Waals surface area contributed by atoms with Crippen LogP contribution in [0.3, 0.4) is 0 Å². The van der Waals surface area contributed by atoms with Gasteiger partial charge in [-0.2, -0.15) is 8.42 Å². The average Bonchev–Trinajstić information content (AvgIpc) is 2.53. The molecule has 0 saturated heterocycles. The van der Waals surface area contributed by atoms with Crippen LogP contribution in [-0.4, -0.2) is 42.7 Å². The molecule has 0 spiro atoms. The van der Waals surface area contributed by atoms with Crippen LogP contribution in [0.2, 0.25) is 0 Å². The summed E-state index contributed by atoms with van der Waals surface area (Å²) in [5.41, 5.74) is -2.04. The summed E-state index contributed by atoms with van der Waals surface area (Å²) in [6, 6.07) is 11.6. The molecule has 10 heteroatoms. The van der Waals surface area contributed by atoms with Gasteiger partial charge in [0.05, 0.1) is 26.8 Å². The van der Waals surface area contributed by atoms with E-state index in [1.165, 1.54) is 12.1 Å². The fourth-order valence-electron chi connectivity index (χ4n) is 2.38. The summed E-state index contributed by atoms with van der Waals surface area (Å²) in [6.07, 6.45) is 1.62. The lowest BCUT2D eigenvalue weighted by Gasteiger charge is -2.16. The molecule has 3 rings (SSSR count). The van der Waals surface area contributed by atoms with Crippen molar-refractivity contribution in [1.82, 2.24) is 4.98 Å². The first-order valence-corrected chi connectivity index (χ1v) is 10.0. The van der Waals surface area contributed by atoms with Crippen molar-refractivity contribution in [1.29, 1.82) is 0 Å². The van der Waals surface area contributed by atoms with Crippen LogP contribution in [-0.2, 0) is 20.2 Å². The Labute approximate surface area is 145 Å². The zero-order valence-corrected chi connectivity index (χ0v) is 14.2. The van der Waals surface area contributed by atoms with Crippen LogP contribution in [0.15, 0.2) is 48.7 Å². The number of rotatable bonds is 5. The predicted molar refractivity (Wildman–Crippen MR) is 90.5 cm³/mol. The van der Waals surface area contributed by atoms with Crippen molar-refractivity contribution in [3.63, 3.8) is 0 Å². The van der Waals surface area contributed by atoms with E-state index in [0.29, 0.717) is 16.3 Å². The molecule has 1 unspecified atom stereocenters. The maximum atomic E-state index is 12.1. The third-order valence-electron chi connectivity index (χ3n) is 3.46. The molecule has 0 bridgehead atoms. The van der Waals surface area contributed by atoms with Crippen LogP contribution in [0.25, 0.3) is 21.7 Å². The SMILES string of the molecule is O=S(=O)([O-])CC(O)S(=O)(=O)Oc1cccc2ncc3ccccc3c12.[H+]. The van der Waals surface area contributed by atoms with Gasteiger partial charge in [-0.25, -0.2) is 8.42 Å². The van der Waals surface area contributed by atoms with E-state index in [1.807, 2.05) is 0 Å². The van der Waals surface area contributed by atoms with E-state index in [2.05, 4.69) is 4.98 Å². The maximum absolute atomic E-state index is 12.1. The highest BCUT2D eigenvalue weighted by Crippen LogP contribution is 2.32.